The average molecular weight is 127 g/mol. The maximum atomic E-state index is 7.12. The van der Waals surface area contributed by atoms with E-state index >= 15 is 0 Å². The molecule has 3 heteroatoms. The molecule has 3 nitrogen and oxygen atoms in total. The van der Waals surface area contributed by atoms with Crippen molar-refractivity contribution >= 4 is 5.84 Å². The Balaban J connectivity index is 2.49. The molecule has 1 aliphatic carbocycles. The Morgan fingerprint density at radius 2 is 2.11 bits per heavy atom. The number of hydrogen-bond acceptors (Lipinski definition) is 2. The molecule has 0 aromatic heterocycles. The van der Waals surface area contributed by atoms with E-state index in [4.69, 9.17) is 16.9 Å². The van der Waals surface area contributed by atoms with E-state index in [0.717, 1.165) is 19.3 Å². The van der Waals surface area contributed by atoms with Crippen LogP contribution < -0.4 is 11.5 Å². The molecule has 2 atom stereocenters. The summed E-state index contributed by atoms with van der Waals surface area (Å²) in [6.45, 7) is 0. The second-order valence-electron chi connectivity index (χ2n) is 2.66. The highest BCUT2D eigenvalue weighted by atomic mass is 14.8. The van der Waals surface area contributed by atoms with Crippen LogP contribution in [-0.4, -0.2) is 11.9 Å². The van der Waals surface area contributed by atoms with Crippen molar-refractivity contribution in [2.45, 2.75) is 25.3 Å². The van der Waals surface area contributed by atoms with Crippen molar-refractivity contribution in [1.82, 2.24) is 0 Å². The Morgan fingerprint density at radius 1 is 1.44 bits per heavy atom. The SMILES string of the molecule is N=C(N)C1CCCC1N. The first-order valence-corrected chi connectivity index (χ1v) is 3.31. The van der Waals surface area contributed by atoms with Gasteiger partial charge in [-0.15, -0.1) is 0 Å². The molecule has 0 bridgehead atoms. The lowest BCUT2D eigenvalue weighted by atomic mass is 10.0. The molecule has 0 radical (unpaired) electrons. The van der Waals surface area contributed by atoms with E-state index in [2.05, 4.69) is 0 Å². The van der Waals surface area contributed by atoms with Crippen molar-refractivity contribution in [3.8, 4) is 0 Å². The number of amidine groups is 1. The largest absolute Gasteiger partial charge is 0.387 e. The number of rotatable bonds is 1. The zero-order chi connectivity index (χ0) is 6.85. The van der Waals surface area contributed by atoms with Gasteiger partial charge in [-0.05, 0) is 12.8 Å². The molecule has 0 heterocycles. The molecule has 5 N–H and O–H groups in total. The average Bonchev–Trinajstić information content (AvgIpc) is 2.13. The first kappa shape index (κ1) is 6.55. The summed E-state index contributed by atoms with van der Waals surface area (Å²) in [6, 6.07) is 0.155. The normalized spacial score (nSPS) is 34.8. The molecule has 1 fully saturated rings. The van der Waals surface area contributed by atoms with Gasteiger partial charge in [0.1, 0.15) is 0 Å². The van der Waals surface area contributed by atoms with Gasteiger partial charge in [-0.2, -0.15) is 0 Å². The van der Waals surface area contributed by atoms with Gasteiger partial charge in [0.05, 0.1) is 5.84 Å². The van der Waals surface area contributed by atoms with Crippen LogP contribution in [0.15, 0.2) is 0 Å². The van der Waals surface area contributed by atoms with Gasteiger partial charge in [0.15, 0.2) is 0 Å². The van der Waals surface area contributed by atoms with Crippen LogP contribution in [0.5, 0.6) is 0 Å². The standard InChI is InChI=1S/C6H13N3/c7-5-3-1-2-4(5)6(8)9/h4-5H,1-3,7H2,(H3,8,9). The molecule has 0 amide bonds. The van der Waals surface area contributed by atoms with Gasteiger partial charge < -0.3 is 11.5 Å². The van der Waals surface area contributed by atoms with Crippen LogP contribution in [0, 0.1) is 11.3 Å². The minimum atomic E-state index is 0.155. The Hall–Kier alpha value is -0.570. The third kappa shape index (κ3) is 1.21. The zero-order valence-electron chi connectivity index (χ0n) is 5.43. The summed E-state index contributed by atoms with van der Waals surface area (Å²) in [7, 11) is 0. The minimum absolute atomic E-state index is 0.155. The van der Waals surface area contributed by atoms with Gasteiger partial charge in [-0.25, -0.2) is 0 Å². The maximum Gasteiger partial charge on any atom is 0.0952 e. The highest BCUT2D eigenvalue weighted by Gasteiger charge is 2.25. The summed E-state index contributed by atoms with van der Waals surface area (Å²) in [6.07, 6.45) is 3.17. The molecule has 52 valence electrons. The molecule has 2 unspecified atom stereocenters. The molecule has 0 saturated heterocycles. The molecular weight excluding hydrogens is 114 g/mol. The number of hydrogen-bond donors (Lipinski definition) is 3. The second-order valence-corrected chi connectivity index (χ2v) is 2.66. The van der Waals surface area contributed by atoms with Crippen molar-refractivity contribution in [3.05, 3.63) is 0 Å². The van der Waals surface area contributed by atoms with Crippen LogP contribution in [0.4, 0.5) is 0 Å². The summed E-state index contributed by atoms with van der Waals surface area (Å²) >= 11 is 0. The number of nitrogens with two attached hydrogens (primary N) is 2. The topological polar surface area (TPSA) is 75.9 Å². The van der Waals surface area contributed by atoms with E-state index in [1.807, 2.05) is 0 Å². The maximum absolute atomic E-state index is 7.12. The highest BCUT2D eigenvalue weighted by Crippen LogP contribution is 2.23. The molecule has 1 saturated carbocycles. The molecule has 1 rings (SSSR count). The predicted molar refractivity (Wildman–Crippen MR) is 37.2 cm³/mol. The Bertz CT molecular complexity index is 121. The quantitative estimate of drug-likeness (QED) is 0.344. The van der Waals surface area contributed by atoms with Crippen LogP contribution in [0.1, 0.15) is 19.3 Å². The molecular formula is C6H13N3. The second kappa shape index (κ2) is 2.35. The van der Waals surface area contributed by atoms with Gasteiger partial charge in [-0.1, -0.05) is 6.42 Å². The molecule has 1 aliphatic rings. The van der Waals surface area contributed by atoms with Gasteiger partial charge in [0, 0.05) is 12.0 Å². The van der Waals surface area contributed by atoms with Gasteiger partial charge in [-0.3, -0.25) is 5.41 Å². The monoisotopic (exact) mass is 127 g/mol. The van der Waals surface area contributed by atoms with Crippen LogP contribution in [0.2, 0.25) is 0 Å². The lowest BCUT2D eigenvalue weighted by molar-refractivity contribution is 0.606. The summed E-state index contributed by atoms with van der Waals surface area (Å²) in [5.41, 5.74) is 11.0. The van der Waals surface area contributed by atoms with E-state index in [1.54, 1.807) is 0 Å². The molecule has 0 aliphatic heterocycles. The fourth-order valence-electron chi connectivity index (χ4n) is 1.37. The van der Waals surface area contributed by atoms with Gasteiger partial charge in [0.25, 0.3) is 0 Å². The van der Waals surface area contributed by atoms with Crippen LogP contribution >= 0.6 is 0 Å². The van der Waals surface area contributed by atoms with E-state index in [-0.39, 0.29) is 17.8 Å². The van der Waals surface area contributed by atoms with E-state index in [9.17, 15) is 0 Å². The summed E-state index contributed by atoms with van der Waals surface area (Å²) in [5, 5.41) is 7.12. The zero-order valence-corrected chi connectivity index (χ0v) is 5.43. The van der Waals surface area contributed by atoms with Crippen molar-refractivity contribution in [1.29, 1.82) is 5.41 Å². The third-order valence-electron chi connectivity index (χ3n) is 1.97. The molecule has 0 aromatic rings. The summed E-state index contributed by atoms with van der Waals surface area (Å²) in [5.74, 6) is 0.435. The van der Waals surface area contributed by atoms with Crippen molar-refractivity contribution in [3.63, 3.8) is 0 Å². The van der Waals surface area contributed by atoms with Crippen LogP contribution in [0.3, 0.4) is 0 Å². The Labute approximate surface area is 54.9 Å². The fourth-order valence-corrected chi connectivity index (χ4v) is 1.37. The first-order valence-electron chi connectivity index (χ1n) is 3.31. The summed E-state index contributed by atoms with van der Waals surface area (Å²) in [4.78, 5) is 0. The van der Waals surface area contributed by atoms with Crippen molar-refractivity contribution < 1.29 is 0 Å². The fraction of sp³-hybridized carbons (Fsp3) is 0.833. The predicted octanol–water partition coefficient (Wildman–Crippen LogP) is 0.0498. The van der Waals surface area contributed by atoms with Gasteiger partial charge >= 0.3 is 0 Å². The summed E-state index contributed by atoms with van der Waals surface area (Å²) < 4.78 is 0. The smallest absolute Gasteiger partial charge is 0.0952 e. The van der Waals surface area contributed by atoms with Crippen LogP contribution in [0.25, 0.3) is 0 Å². The lowest BCUT2D eigenvalue weighted by Gasteiger charge is -2.11. The molecule has 0 spiro atoms. The molecule has 0 aromatic carbocycles. The van der Waals surface area contributed by atoms with E-state index in [1.165, 1.54) is 0 Å². The third-order valence-corrected chi connectivity index (χ3v) is 1.97. The van der Waals surface area contributed by atoms with E-state index < -0.39 is 0 Å². The number of nitrogens with one attached hydrogen (secondary N) is 1. The van der Waals surface area contributed by atoms with Gasteiger partial charge in [0.2, 0.25) is 0 Å². The Kier molecular flexibility index (Phi) is 1.71. The molecule has 9 heavy (non-hydrogen) atoms. The minimum Gasteiger partial charge on any atom is -0.387 e. The van der Waals surface area contributed by atoms with Crippen LogP contribution in [-0.2, 0) is 0 Å². The van der Waals surface area contributed by atoms with Crippen molar-refractivity contribution in [2.75, 3.05) is 0 Å². The first-order chi connectivity index (χ1) is 4.22. The van der Waals surface area contributed by atoms with Crippen molar-refractivity contribution in [2.24, 2.45) is 17.4 Å². The lowest BCUT2D eigenvalue weighted by Crippen LogP contribution is -2.34. The Morgan fingerprint density at radius 3 is 2.33 bits per heavy atom. The van der Waals surface area contributed by atoms with E-state index in [0.29, 0.717) is 0 Å². The highest BCUT2D eigenvalue weighted by molar-refractivity contribution is 5.80.